The number of hydrogen-bond acceptors (Lipinski definition) is 3. The SMILES string of the molecule is Cn1ccnc1CNCC(O)CC(C)(C)C. The van der Waals surface area contributed by atoms with Crippen molar-refractivity contribution >= 4 is 0 Å². The molecule has 0 radical (unpaired) electrons. The number of aromatic nitrogens is 2. The van der Waals surface area contributed by atoms with Crippen molar-refractivity contribution in [2.45, 2.75) is 39.8 Å². The summed E-state index contributed by atoms with van der Waals surface area (Å²) in [6.45, 7) is 7.72. The molecule has 92 valence electrons. The van der Waals surface area contributed by atoms with Gasteiger partial charge in [-0.1, -0.05) is 20.8 Å². The van der Waals surface area contributed by atoms with Gasteiger partial charge in [0.1, 0.15) is 5.82 Å². The van der Waals surface area contributed by atoms with E-state index >= 15 is 0 Å². The molecule has 16 heavy (non-hydrogen) atoms. The van der Waals surface area contributed by atoms with E-state index in [1.807, 2.05) is 17.8 Å². The Balaban J connectivity index is 2.23. The van der Waals surface area contributed by atoms with E-state index in [-0.39, 0.29) is 11.5 Å². The summed E-state index contributed by atoms with van der Waals surface area (Å²) in [5, 5.41) is 13.0. The summed E-state index contributed by atoms with van der Waals surface area (Å²) >= 11 is 0. The lowest BCUT2D eigenvalue weighted by atomic mass is 9.89. The zero-order chi connectivity index (χ0) is 12.2. The Morgan fingerprint density at radius 2 is 2.19 bits per heavy atom. The highest BCUT2D eigenvalue weighted by molar-refractivity contribution is 4.90. The number of aryl methyl sites for hydroxylation is 1. The molecule has 2 N–H and O–H groups in total. The molecule has 0 aromatic carbocycles. The summed E-state index contributed by atoms with van der Waals surface area (Å²) < 4.78 is 1.98. The third-order valence-corrected chi connectivity index (χ3v) is 2.43. The fourth-order valence-corrected chi connectivity index (χ4v) is 1.70. The first-order valence-electron chi connectivity index (χ1n) is 5.73. The van der Waals surface area contributed by atoms with Gasteiger partial charge in [-0.2, -0.15) is 0 Å². The Morgan fingerprint density at radius 3 is 2.69 bits per heavy atom. The van der Waals surface area contributed by atoms with Crippen LogP contribution in [0.5, 0.6) is 0 Å². The Bertz CT molecular complexity index is 314. The largest absolute Gasteiger partial charge is 0.392 e. The molecule has 0 aliphatic rings. The summed E-state index contributed by atoms with van der Waals surface area (Å²) in [6.07, 6.45) is 4.21. The first-order valence-corrected chi connectivity index (χ1v) is 5.73. The first kappa shape index (κ1) is 13.2. The highest BCUT2D eigenvalue weighted by Gasteiger charge is 2.16. The Morgan fingerprint density at radius 1 is 1.50 bits per heavy atom. The van der Waals surface area contributed by atoms with Gasteiger partial charge < -0.3 is 15.0 Å². The van der Waals surface area contributed by atoms with Gasteiger partial charge in [0.15, 0.2) is 0 Å². The second kappa shape index (κ2) is 5.46. The minimum atomic E-state index is -0.291. The lowest BCUT2D eigenvalue weighted by molar-refractivity contribution is 0.119. The van der Waals surface area contributed by atoms with Crippen molar-refractivity contribution in [3.05, 3.63) is 18.2 Å². The van der Waals surface area contributed by atoms with Crippen molar-refractivity contribution in [1.82, 2.24) is 14.9 Å². The molecule has 0 spiro atoms. The van der Waals surface area contributed by atoms with E-state index in [0.29, 0.717) is 13.1 Å². The van der Waals surface area contributed by atoms with E-state index in [1.54, 1.807) is 6.20 Å². The molecule has 0 amide bonds. The molecule has 4 nitrogen and oxygen atoms in total. The maximum Gasteiger partial charge on any atom is 0.122 e. The van der Waals surface area contributed by atoms with Gasteiger partial charge >= 0.3 is 0 Å². The molecule has 0 aliphatic carbocycles. The summed E-state index contributed by atoms with van der Waals surface area (Å²) in [6, 6.07) is 0. The van der Waals surface area contributed by atoms with Gasteiger partial charge in [-0.05, 0) is 11.8 Å². The standard InChI is InChI=1S/C12H23N3O/c1-12(2,3)7-10(16)8-13-9-11-14-5-6-15(11)4/h5-6,10,13,16H,7-9H2,1-4H3. The van der Waals surface area contributed by atoms with Crippen molar-refractivity contribution in [1.29, 1.82) is 0 Å². The molecular formula is C12H23N3O. The molecular weight excluding hydrogens is 202 g/mol. The minimum absolute atomic E-state index is 0.171. The van der Waals surface area contributed by atoms with E-state index < -0.39 is 0 Å². The van der Waals surface area contributed by atoms with E-state index in [0.717, 1.165) is 12.2 Å². The molecule has 1 rings (SSSR count). The van der Waals surface area contributed by atoms with Crippen molar-refractivity contribution in [2.75, 3.05) is 6.54 Å². The second-order valence-electron chi connectivity index (χ2n) is 5.50. The molecule has 1 atom stereocenters. The van der Waals surface area contributed by atoms with Gasteiger partial charge in [0.05, 0.1) is 12.6 Å². The van der Waals surface area contributed by atoms with Gasteiger partial charge in [0.25, 0.3) is 0 Å². The fourth-order valence-electron chi connectivity index (χ4n) is 1.70. The average Bonchev–Trinajstić information content (AvgIpc) is 2.48. The van der Waals surface area contributed by atoms with Crippen LogP contribution in [0.25, 0.3) is 0 Å². The van der Waals surface area contributed by atoms with E-state index in [4.69, 9.17) is 0 Å². The molecule has 0 saturated carbocycles. The number of aliphatic hydroxyl groups is 1. The van der Waals surface area contributed by atoms with E-state index in [9.17, 15) is 5.11 Å². The van der Waals surface area contributed by atoms with Crippen LogP contribution in [0.4, 0.5) is 0 Å². The molecule has 0 bridgehead atoms. The van der Waals surface area contributed by atoms with Crippen LogP contribution >= 0.6 is 0 Å². The van der Waals surface area contributed by atoms with Crippen LogP contribution in [0.1, 0.15) is 33.0 Å². The summed E-state index contributed by atoms with van der Waals surface area (Å²) in [5.74, 6) is 0.989. The number of nitrogens with zero attached hydrogens (tertiary/aromatic N) is 2. The molecule has 1 aromatic heterocycles. The van der Waals surface area contributed by atoms with Gasteiger partial charge in [0.2, 0.25) is 0 Å². The second-order valence-corrected chi connectivity index (χ2v) is 5.50. The topological polar surface area (TPSA) is 50.1 Å². The molecule has 4 heteroatoms. The smallest absolute Gasteiger partial charge is 0.122 e. The maximum absolute atomic E-state index is 9.79. The average molecular weight is 225 g/mol. The Hall–Kier alpha value is -0.870. The molecule has 1 unspecified atom stereocenters. The van der Waals surface area contributed by atoms with Crippen LogP contribution in [-0.2, 0) is 13.6 Å². The number of nitrogens with one attached hydrogen (secondary N) is 1. The molecule has 1 aromatic rings. The highest BCUT2D eigenvalue weighted by Crippen LogP contribution is 2.20. The lowest BCUT2D eigenvalue weighted by Gasteiger charge is -2.22. The number of rotatable bonds is 5. The minimum Gasteiger partial charge on any atom is -0.392 e. The summed E-state index contributed by atoms with van der Waals surface area (Å²) in [4.78, 5) is 4.21. The molecule has 0 fully saturated rings. The van der Waals surface area contributed by atoms with Gasteiger partial charge in [0, 0.05) is 26.0 Å². The fraction of sp³-hybridized carbons (Fsp3) is 0.750. The predicted molar refractivity (Wildman–Crippen MR) is 65.0 cm³/mol. The number of imidazole rings is 1. The van der Waals surface area contributed by atoms with Gasteiger partial charge in [-0.3, -0.25) is 0 Å². The zero-order valence-electron chi connectivity index (χ0n) is 10.7. The van der Waals surface area contributed by atoms with E-state index in [2.05, 4.69) is 31.1 Å². The number of aliphatic hydroxyl groups excluding tert-OH is 1. The van der Waals surface area contributed by atoms with Crippen molar-refractivity contribution < 1.29 is 5.11 Å². The number of hydrogen-bond donors (Lipinski definition) is 2. The zero-order valence-corrected chi connectivity index (χ0v) is 10.7. The van der Waals surface area contributed by atoms with Crippen molar-refractivity contribution in [2.24, 2.45) is 12.5 Å². The highest BCUT2D eigenvalue weighted by atomic mass is 16.3. The quantitative estimate of drug-likeness (QED) is 0.794. The first-order chi connectivity index (χ1) is 7.38. The third-order valence-electron chi connectivity index (χ3n) is 2.43. The van der Waals surface area contributed by atoms with Crippen LogP contribution in [-0.4, -0.2) is 27.3 Å². The Labute approximate surface area is 97.7 Å². The molecule has 1 heterocycles. The molecule has 0 saturated heterocycles. The molecule has 0 aliphatic heterocycles. The van der Waals surface area contributed by atoms with Crippen molar-refractivity contribution in [3.63, 3.8) is 0 Å². The van der Waals surface area contributed by atoms with Crippen LogP contribution in [0, 0.1) is 5.41 Å². The lowest BCUT2D eigenvalue weighted by Crippen LogP contribution is -2.30. The third kappa shape index (κ3) is 4.77. The van der Waals surface area contributed by atoms with E-state index in [1.165, 1.54) is 0 Å². The van der Waals surface area contributed by atoms with Gasteiger partial charge in [-0.15, -0.1) is 0 Å². The van der Waals surface area contributed by atoms with Gasteiger partial charge in [-0.25, -0.2) is 4.98 Å². The van der Waals surface area contributed by atoms with Crippen LogP contribution < -0.4 is 5.32 Å². The Kier molecular flexibility index (Phi) is 4.50. The van der Waals surface area contributed by atoms with Crippen molar-refractivity contribution in [3.8, 4) is 0 Å². The summed E-state index contributed by atoms with van der Waals surface area (Å²) in [7, 11) is 1.97. The normalized spacial score (nSPS) is 14.1. The maximum atomic E-state index is 9.79. The van der Waals surface area contributed by atoms with Crippen LogP contribution in [0.15, 0.2) is 12.4 Å². The monoisotopic (exact) mass is 225 g/mol. The summed E-state index contributed by atoms with van der Waals surface area (Å²) in [5.41, 5.74) is 0.171. The van der Waals surface area contributed by atoms with Crippen LogP contribution in [0.3, 0.4) is 0 Å². The predicted octanol–water partition coefficient (Wildman–Crippen LogP) is 1.31. The van der Waals surface area contributed by atoms with Crippen LogP contribution in [0.2, 0.25) is 0 Å².